The summed E-state index contributed by atoms with van der Waals surface area (Å²) in [4.78, 5) is 8.98. The molecule has 0 amide bonds. The van der Waals surface area contributed by atoms with Crippen LogP contribution in [0.25, 0.3) is 0 Å². The van der Waals surface area contributed by atoms with Crippen LogP contribution in [-0.4, -0.2) is 23.6 Å². The van der Waals surface area contributed by atoms with Gasteiger partial charge in [0.2, 0.25) is 0 Å². The Bertz CT molecular complexity index is 950. The Kier molecular flexibility index (Phi) is 3.96. The fourth-order valence-corrected chi connectivity index (χ4v) is 2.69. The summed E-state index contributed by atoms with van der Waals surface area (Å²) in [6.45, 7) is 0. The van der Waals surface area contributed by atoms with E-state index >= 15 is 0 Å². The van der Waals surface area contributed by atoms with Gasteiger partial charge in [0.1, 0.15) is 11.5 Å². The van der Waals surface area contributed by atoms with Crippen molar-refractivity contribution >= 4 is 17.2 Å². The highest BCUT2D eigenvalue weighted by molar-refractivity contribution is 6.18. The predicted octanol–water partition coefficient (Wildman–Crippen LogP) is 3.52. The molecule has 5 heteroatoms. The van der Waals surface area contributed by atoms with E-state index in [4.69, 9.17) is 9.73 Å². The first-order valence-electron chi connectivity index (χ1n) is 7.92. The summed E-state index contributed by atoms with van der Waals surface area (Å²) in [5.74, 6) is 1.46. The van der Waals surface area contributed by atoms with Gasteiger partial charge in [-0.05, 0) is 30.3 Å². The van der Waals surface area contributed by atoms with Crippen molar-refractivity contribution in [3.05, 3.63) is 89.7 Å². The number of amidine groups is 1. The largest absolute Gasteiger partial charge is 0.497 e. The first-order chi connectivity index (χ1) is 12.3. The van der Waals surface area contributed by atoms with E-state index in [0.717, 1.165) is 33.8 Å². The first-order valence-corrected chi connectivity index (χ1v) is 7.92. The highest BCUT2D eigenvalue weighted by Crippen LogP contribution is 2.29. The molecular formula is C20H16N4O. The van der Waals surface area contributed by atoms with Gasteiger partial charge in [-0.2, -0.15) is 5.10 Å². The predicted molar refractivity (Wildman–Crippen MR) is 98.6 cm³/mol. The normalized spacial score (nSPS) is 13.0. The highest BCUT2D eigenvalue weighted by Gasteiger charge is 2.18. The van der Waals surface area contributed by atoms with Crippen molar-refractivity contribution in [1.29, 1.82) is 0 Å². The van der Waals surface area contributed by atoms with Crippen molar-refractivity contribution in [2.24, 2.45) is 10.1 Å². The molecule has 1 aliphatic heterocycles. The van der Waals surface area contributed by atoms with Crippen molar-refractivity contribution in [3.63, 3.8) is 0 Å². The molecule has 0 saturated carbocycles. The van der Waals surface area contributed by atoms with Crippen LogP contribution in [0, 0.1) is 0 Å². The topological polar surface area (TPSA) is 58.9 Å². The van der Waals surface area contributed by atoms with Crippen molar-refractivity contribution in [1.82, 2.24) is 10.4 Å². The smallest absolute Gasteiger partial charge is 0.154 e. The third-order valence-corrected chi connectivity index (χ3v) is 3.95. The SMILES string of the molecule is COc1ccc2c(c1)C(c1cccnc1)=NNC(c1ccccc1)=N2. The summed E-state index contributed by atoms with van der Waals surface area (Å²) < 4.78 is 5.38. The lowest BCUT2D eigenvalue weighted by Gasteiger charge is -2.09. The molecule has 25 heavy (non-hydrogen) atoms. The standard InChI is InChI=1S/C20H16N4O/c1-25-16-9-10-18-17(12-16)19(15-8-5-11-21-13-15)23-24-20(22-18)14-6-3-2-4-7-14/h2-13H,1H3,(H,22,24). The fraction of sp³-hybridized carbons (Fsp3) is 0.0500. The minimum absolute atomic E-state index is 0.700. The molecule has 5 nitrogen and oxygen atoms in total. The molecule has 1 aromatic heterocycles. The molecule has 0 fully saturated rings. The molecular weight excluding hydrogens is 312 g/mol. The highest BCUT2D eigenvalue weighted by atomic mass is 16.5. The molecule has 0 radical (unpaired) electrons. The number of nitrogens with one attached hydrogen (secondary N) is 1. The second kappa shape index (κ2) is 6.57. The average Bonchev–Trinajstić information content (AvgIpc) is 2.88. The van der Waals surface area contributed by atoms with Gasteiger partial charge in [0.05, 0.1) is 12.8 Å². The summed E-state index contributed by atoms with van der Waals surface area (Å²) in [5.41, 5.74) is 7.48. The number of pyridine rings is 1. The number of fused-ring (bicyclic) bond motifs is 1. The number of aliphatic imine (C=N–C) groups is 1. The van der Waals surface area contributed by atoms with Crippen LogP contribution in [0.15, 0.2) is 83.2 Å². The second-order valence-corrected chi connectivity index (χ2v) is 5.52. The zero-order chi connectivity index (χ0) is 17.1. The molecule has 0 unspecified atom stereocenters. The Labute approximate surface area is 145 Å². The molecule has 0 atom stereocenters. The van der Waals surface area contributed by atoms with Crippen molar-refractivity contribution in [2.75, 3.05) is 7.11 Å². The quantitative estimate of drug-likeness (QED) is 0.800. The maximum atomic E-state index is 5.38. The Hall–Kier alpha value is -3.47. The second-order valence-electron chi connectivity index (χ2n) is 5.52. The van der Waals surface area contributed by atoms with Gasteiger partial charge in [-0.25, -0.2) is 4.99 Å². The Balaban J connectivity index is 1.89. The number of hydrogen-bond donors (Lipinski definition) is 1. The minimum atomic E-state index is 0.700. The van der Waals surface area contributed by atoms with Crippen molar-refractivity contribution in [3.8, 4) is 5.75 Å². The zero-order valence-corrected chi connectivity index (χ0v) is 13.7. The lowest BCUT2D eigenvalue weighted by Crippen LogP contribution is -2.19. The van der Waals surface area contributed by atoms with Crippen LogP contribution in [0.2, 0.25) is 0 Å². The molecule has 3 aromatic rings. The molecule has 0 saturated heterocycles. The van der Waals surface area contributed by atoms with Gasteiger partial charge in [0.15, 0.2) is 5.84 Å². The van der Waals surface area contributed by atoms with Crippen LogP contribution in [-0.2, 0) is 0 Å². The van der Waals surface area contributed by atoms with Gasteiger partial charge >= 0.3 is 0 Å². The zero-order valence-electron chi connectivity index (χ0n) is 13.7. The molecule has 1 N–H and O–H groups in total. The van der Waals surface area contributed by atoms with E-state index in [1.165, 1.54) is 0 Å². The van der Waals surface area contributed by atoms with Crippen LogP contribution in [0.1, 0.15) is 16.7 Å². The Morgan fingerprint density at radius 3 is 2.52 bits per heavy atom. The maximum absolute atomic E-state index is 5.38. The fourth-order valence-electron chi connectivity index (χ4n) is 2.69. The van der Waals surface area contributed by atoms with Gasteiger partial charge < -0.3 is 4.74 Å². The van der Waals surface area contributed by atoms with E-state index in [0.29, 0.717) is 5.84 Å². The first kappa shape index (κ1) is 15.1. The summed E-state index contributed by atoms with van der Waals surface area (Å²) in [6, 6.07) is 19.6. The van der Waals surface area contributed by atoms with Crippen molar-refractivity contribution < 1.29 is 4.74 Å². The number of benzene rings is 2. The molecule has 4 rings (SSSR count). The van der Waals surface area contributed by atoms with E-state index < -0.39 is 0 Å². The van der Waals surface area contributed by atoms with Crippen molar-refractivity contribution in [2.45, 2.75) is 0 Å². The van der Waals surface area contributed by atoms with E-state index in [2.05, 4.69) is 15.5 Å². The van der Waals surface area contributed by atoms with Crippen LogP contribution < -0.4 is 10.2 Å². The number of hydrogen-bond acceptors (Lipinski definition) is 5. The van der Waals surface area contributed by atoms with Gasteiger partial charge in [-0.1, -0.05) is 30.3 Å². The lowest BCUT2D eigenvalue weighted by molar-refractivity contribution is 0.415. The Morgan fingerprint density at radius 1 is 0.920 bits per heavy atom. The van der Waals surface area contributed by atoms with Gasteiger partial charge in [0.25, 0.3) is 0 Å². The van der Waals surface area contributed by atoms with Crippen LogP contribution in [0.3, 0.4) is 0 Å². The van der Waals surface area contributed by atoms with E-state index in [-0.39, 0.29) is 0 Å². The molecule has 0 spiro atoms. The monoisotopic (exact) mass is 328 g/mol. The molecule has 0 bridgehead atoms. The number of nitrogens with zero attached hydrogens (tertiary/aromatic N) is 3. The molecule has 2 aromatic carbocycles. The number of rotatable bonds is 3. The van der Waals surface area contributed by atoms with E-state index in [1.54, 1.807) is 19.5 Å². The molecule has 122 valence electrons. The lowest BCUT2D eigenvalue weighted by atomic mass is 10.0. The molecule has 1 aliphatic rings. The Morgan fingerprint density at radius 2 is 1.76 bits per heavy atom. The summed E-state index contributed by atoms with van der Waals surface area (Å²) in [5, 5.41) is 4.61. The van der Waals surface area contributed by atoms with E-state index in [1.807, 2.05) is 60.7 Å². The molecule has 2 heterocycles. The summed E-state index contributed by atoms with van der Waals surface area (Å²) in [7, 11) is 1.65. The maximum Gasteiger partial charge on any atom is 0.154 e. The average molecular weight is 328 g/mol. The number of methoxy groups -OCH3 is 1. The number of aromatic nitrogens is 1. The minimum Gasteiger partial charge on any atom is -0.497 e. The van der Waals surface area contributed by atoms with E-state index in [9.17, 15) is 0 Å². The third-order valence-electron chi connectivity index (χ3n) is 3.95. The third kappa shape index (κ3) is 2.99. The number of ether oxygens (including phenoxy) is 1. The van der Waals surface area contributed by atoms with Gasteiger partial charge in [-0.15, -0.1) is 0 Å². The van der Waals surface area contributed by atoms with Crippen LogP contribution in [0.4, 0.5) is 5.69 Å². The van der Waals surface area contributed by atoms with Crippen LogP contribution in [0.5, 0.6) is 5.75 Å². The summed E-state index contributed by atoms with van der Waals surface area (Å²) in [6.07, 6.45) is 3.53. The summed E-state index contributed by atoms with van der Waals surface area (Å²) >= 11 is 0. The molecule has 0 aliphatic carbocycles. The number of hydrazone groups is 1. The van der Waals surface area contributed by atoms with Gasteiger partial charge in [0, 0.05) is 29.1 Å². The van der Waals surface area contributed by atoms with Crippen LogP contribution >= 0.6 is 0 Å². The van der Waals surface area contributed by atoms with Gasteiger partial charge in [-0.3, -0.25) is 10.4 Å².